The molecule has 0 heterocycles. The van der Waals surface area contributed by atoms with Crippen LogP contribution >= 0.6 is 11.8 Å². The van der Waals surface area contributed by atoms with Gasteiger partial charge >= 0.3 is 11.1 Å². The fourth-order valence-electron chi connectivity index (χ4n) is 0.748. The van der Waals surface area contributed by atoms with Gasteiger partial charge in [-0.2, -0.15) is 5.26 Å². The van der Waals surface area contributed by atoms with Gasteiger partial charge in [0.2, 0.25) is 0 Å². The van der Waals surface area contributed by atoms with Gasteiger partial charge in [0.15, 0.2) is 0 Å². The van der Waals surface area contributed by atoms with Gasteiger partial charge in [-0.15, -0.1) is 0 Å². The molecule has 0 aliphatic heterocycles. The summed E-state index contributed by atoms with van der Waals surface area (Å²) in [5.74, 6) is -1.47. The largest absolute Gasteiger partial charge is 0.475 e. The first-order valence-electron chi connectivity index (χ1n) is 3.59. The second-order valence-electron chi connectivity index (χ2n) is 2.33. The van der Waals surface area contributed by atoms with Crippen LogP contribution in [0.15, 0.2) is 29.2 Å². The second-order valence-corrected chi connectivity index (χ2v) is 3.38. The van der Waals surface area contributed by atoms with E-state index >= 15 is 0 Å². The molecule has 0 aliphatic carbocycles. The first-order valence-corrected chi connectivity index (χ1v) is 4.40. The number of thioether (sulfide) groups is 1. The highest BCUT2D eigenvalue weighted by molar-refractivity contribution is 8.15. The van der Waals surface area contributed by atoms with Crippen molar-refractivity contribution in [2.24, 2.45) is 0 Å². The minimum atomic E-state index is -1.47. The predicted octanol–water partition coefficient (Wildman–Crippen LogP) is 1.26. The highest BCUT2D eigenvalue weighted by Gasteiger charge is 2.12. The molecule has 0 unspecified atom stereocenters. The van der Waals surface area contributed by atoms with Gasteiger partial charge < -0.3 is 5.11 Å². The molecule has 1 aromatic rings. The van der Waals surface area contributed by atoms with E-state index in [4.69, 9.17) is 10.4 Å². The molecule has 0 saturated heterocycles. The lowest BCUT2D eigenvalue weighted by molar-refractivity contribution is -0.144. The molecule has 0 atom stereocenters. The molecule has 0 bridgehead atoms. The second kappa shape index (κ2) is 4.44. The summed E-state index contributed by atoms with van der Waals surface area (Å²) in [6.45, 7) is 0. The molecule has 1 N–H and O–H groups in total. The maximum atomic E-state index is 10.8. The zero-order valence-electron chi connectivity index (χ0n) is 6.93. The van der Waals surface area contributed by atoms with Crippen molar-refractivity contribution in [1.82, 2.24) is 0 Å². The van der Waals surface area contributed by atoms with Crippen LogP contribution in [0.5, 0.6) is 0 Å². The predicted molar refractivity (Wildman–Crippen MR) is 49.7 cm³/mol. The molecule has 0 amide bonds. The van der Waals surface area contributed by atoms with Crippen molar-refractivity contribution in [3.05, 3.63) is 29.8 Å². The minimum Gasteiger partial charge on any atom is -0.475 e. The van der Waals surface area contributed by atoms with Gasteiger partial charge in [-0.25, -0.2) is 4.79 Å². The summed E-state index contributed by atoms with van der Waals surface area (Å²) in [5.41, 5.74) is 0.470. The van der Waals surface area contributed by atoms with Crippen LogP contribution in [-0.4, -0.2) is 16.2 Å². The van der Waals surface area contributed by atoms with Crippen LogP contribution in [0.2, 0.25) is 0 Å². The van der Waals surface area contributed by atoms with Crippen molar-refractivity contribution in [3.63, 3.8) is 0 Å². The van der Waals surface area contributed by atoms with Crippen molar-refractivity contribution in [3.8, 4) is 6.07 Å². The number of carbonyl (C=O) groups excluding carboxylic acids is 1. The number of benzene rings is 1. The van der Waals surface area contributed by atoms with Crippen molar-refractivity contribution in [2.45, 2.75) is 4.90 Å². The third-order valence-corrected chi connectivity index (χ3v) is 2.24. The molecule has 4 nitrogen and oxygen atoms in total. The first-order chi connectivity index (χ1) is 6.63. The van der Waals surface area contributed by atoms with Crippen LogP contribution in [0, 0.1) is 11.3 Å². The maximum Gasteiger partial charge on any atom is 0.383 e. The zero-order valence-corrected chi connectivity index (χ0v) is 7.75. The lowest BCUT2D eigenvalue weighted by atomic mass is 10.2. The van der Waals surface area contributed by atoms with Gasteiger partial charge in [-0.05, 0) is 36.0 Å². The number of nitrogens with zero attached hydrogens (tertiary/aromatic N) is 1. The Morgan fingerprint density at radius 3 is 2.29 bits per heavy atom. The molecule has 0 saturated carbocycles. The van der Waals surface area contributed by atoms with Crippen LogP contribution < -0.4 is 0 Å². The number of carboxylic acid groups (broad SMARTS) is 1. The monoisotopic (exact) mass is 207 g/mol. The molecule has 0 aliphatic rings. The van der Waals surface area contributed by atoms with E-state index in [-0.39, 0.29) is 0 Å². The molecule has 0 fully saturated rings. The van der Waals surface area contributed by atoms with Crippen molar-refractivity contribution in [2.75, 3.05) is 0 Å². The Bertz CT molecular complexity index is 405. The Labute approximate surface area is 84.2 Å². The van der Waals surface area contributed by atoms with Crippen molar-refractivity contribution < 1.29 is 14.7 Å². The summed E-state index contributed by atoms with van der Waals surface area (Å²) < 4.78 is 0. The fraction of sp³-hybridized carbons (Fsp3) is 0. The van der Waals surface area contributed by atoms with Gasteiger partial charge in [0.1, 0.15) is 0 Å². The third kappa shape index (κ3) is 2.61. The normalized spacial score (nSPS) is 9.07. The average Bonchev–Trinajstić information content (AvgIpc) is 2.19. The maximum absolute atomic E-state index is 10.8. The number of carbonyl (C=O) groups is 2. The summed E-state index contributed by atoms with van der Waals surface area (Å²) >= 11 is 0.623. The van der Waals surface area contributed by atoms with Gasteiger partial charge in [0, 0.05) is 4.90 Å². The fourth-order valence-corrected chi connectivity index (χ4v) is 1.32. The van der Waals surface area contributed by atoms with Crippen molar-refractivity contribution >= 4 is 22.8 Å². The molecule has 0 aromatic heterocycles. The topological polar surface area (TPSA) is 78.2 Å². The van der Waals surface area contributed by atoms with Crippen LogP contribution in [0.1, 0.15) is 5.56 Å². The molecule has 70 valence electrons. The van der Waals surface area contributed by atoms with Crippen LogP contribution in [0.4, 0.5) is 0 Å². The molecule has 1 rings (SSSR count). The van der Waals surface area contributed by atoms with E-state index in [2.05, 4.69) is 0 Å². The molecule has 5 heteroatoms. The van der Waals surface area contributed by atoms with Crippen LogP contribution in [-0.2, 0) is 9.59 Å². The van der Waals surface area contributed by atoms with Crippen LogP contribution in [0.3, 0.4) is 0 Å². The summed E-state index contributed by atoms with van der Waals surface area (Å²) in [4.78, 5) is 21.5. The molecular formula is C9H5NO3S. The number of hydrogen-bond donors (Lipinski definition) is 1. The highest BCUT2D eigenvalue weighted by Crippen LogP contribution is 2.18. The van der Waals surface area contributed by atoms with Gasteiger partial charge in [-0.1, -0.05) is 0 Å². The Kier molecular flexibility index (Phi) is 3.26. The van der Waals surface area contributed by atoms with Gasteiger partial charge in [0.05, 0.1) is 11.6 Å². The van der Waals surface area contributed by atoms with E-state index in [1.807, 2.05) is 6.07 Å². The lowest BCUT2D eigenvalue weighted by Crippen LogP contribution is -2.06. The quantitative estimate of drug-likeness (QED) is 0.554. The molecule has 0 spiro atoms. The average molecular weight is 207 g/mol. The van der Waals surface area contributed by atoms with Crippen LogP contribution in [0.25, 0.3) is 0 Å². The highest BCUT2D eigenvalue weighted by atomic mass is 32.2. The Morgan fingerprint density at radius 1 is 1.29 bits per heavy atom. The Morgan fingerprint density at radius 2 is 1.86 bits per heavy atom. The van der Waals surface area contributed by atoms with E-state index in [1.54, 1.807) is 0 Å². The van der Waals surface area contributed by atoms with Gasteiger partial charge in [-0.3, -0.25) is 4.79 Å². The Hall–Kier alpha value is -1.80. The number of rotatable bonds is 1. The lowest BCUT2D eigenvalue weighted by Gasteiger charge is -1.96. The third-order valence-electron chi connectivity index (χ3n) is 1.37. The Balaban J connectivity index is 2.75. The summed E-state index contributed by atoms with van der Waals surface area (Å²) in [6.07, 6.45) is 0. The van der Waals surface area contributed by atoms with E-state index < -0.39 is 11.1 Å². The van der Waals surface area contributed by atoms with E-state index in [1.165, 1.54) is 24.3 Å². The van der Waals surface area contributed by atoms with Gasteiger partial charge in [0.25, 0.3) is 0 Å². The summed E-state index contributed by atoms with van der Waals surface area (Å²) in [5, 5.41) is 15.9. The summed E-state index contributed by atoms with van der Waals surface area (Å²) in [7, 11) is 0. The minimum absolute atomic E-state index is 0.470. The SMILES string of the molecule is N#Cc1ccc(SC(=O)C(=O)O)cc1. The number of nitriles is 1. The van der Waals surface area contributed by atoms with E-state index in [9.17, 15) is 9.59 Å². The number of carboxylic acids is 1. The zero-order chi connectivity index (χ0) is 10.6. The standard InChI is InChI=1S/C9H5NO3S/c10-5-6-1-3-7(4-2-6)14-9(13)8(11)12/h1-4H,(H,11,12). The number of aliphatic carboxylic acids is 1. The number of hydrogen-bond acceptors (Lipinski definition) is 4. The molecule has 14 heavy (non-hydrogen) atoms. The smallest absolute Gasteiger partial charge is 0.383 e. The van der Waals surface area contributed by atoms with E-state index in [0.29, 0.717) is 22.2 Å². The summed E-state index contributed by atoms with van der Waals surface area (Å²) in [6, 6.07) is 8.03. The molecule has 0 radical (unpaired) electrons. The molecular weight excluding hydrogens is 202 g/mol. The van der Waals surface area contributed by atoms with E-state index in [0.717, 1.165) is 0 Å². The molecule has 1 aromatic carbocycles. The first kappa shape index (κ1) is 10.3. The van der Waals surface area contributed by atoms with Crippen molar-refractivity contribution in [1.29, 1.82) is 5.26 Å².